The van der Waals surface area contributed by atoms with Gasteiger partial charge in [0.15, 0.2) is 5.92 Å². The Morgan fingerprint density at radius 3 is 2.81 bits per heavy atom. The summed E-state index contributed by atoms with van der Waals surface area (Å²) < 4.78 is 9.89. The lowest BCUT2D eigenvalue weighted by molar-refractivity contribution is -0.156. The Balaban J connectivity index is 2.19. The highest BCUT2D eigenvalue weighted by molar-refractivity contribution is 5.96. The molecule has 0 amide bonds. The first-order chi connectivity index (χ1) is 10.1. The molecule has 4 heteroatoms. The minimum absolute atomic E-state index is 0.192. The van der Waals surface area contributed by atoms with E-state index < -0.39 is 17.9 Å². The second-order valence-corrected chi connectivity index (χ2v) is 4.83. The van der Waals surface area contributed by atoms with Crippen molar-refractivity contribution >= 4 is 17.5 Å². The van der Waals surface area contributed by atoms with E-state index in [2.05, 4.69) is 5.73 Å². The second-order valence-electron chi connectivity index (χ2n) is 4.83. The smallest absolute Gasteiger partial charge is 0.321 e. The maximum Gasteiger partial charge on any atom is 0.321 e. The van der Waals surface area contributed by atoms with Gasteiger partial charge in [0.05, 0.1) is 13.2 Å². The molecule has 0 bridgehead atoms. The molecule has 110 valence electrons. The molecule has 21 heavy (non-hydrogen) atoms. The molecule has 1 fully saturated rings. The maximum atomic E-state index is 11.8. The van der Waals surface area contributed by atoms with Crippen LogP contribution in [-0.4, -0.2) is 25.2 Å². The van der Waals surface area contributed by atoms with Crippen molar-refractivity contribution < 1.29 is 19.1 Å². The molecule has 1 aromatic carbocycles. The van der Waals surface area contributed by atoms with Crippen molar-refractivity contribution in [2.45, 2.75) is 13.8 Å². The number of carbonyl (C=O) groups excluding carboxylic acids is 2. The van der Waals surface area contributed by atoms with Crippen LogP contribution in [0.4, 0.5) is 0 Å². The zero-order valence-electron chi connectivity index (χ0n) is 12.2. The lowest BCUT2D eigenvalue weighted by Gasteiger charge is -2.09. The van der Waals surface area contributed by atoms with Crippen LogP contribution in [0.5, 0.6) is 0 Å². The van der Waals surface area contributed by atoms with Crippen molar-refractivity contribution in [2.75, 3.05) is 13.2 Å². The highest BCUT2D eigenvalue weighted by Crippen LogP contribution is 2.25. The van der Waals surface area contributed by atoms with Crippen LogP contribution in [0.2, 0.25) is 0 Å². The average Bonchev–Trinajstić information content (AvgIpc) is 2.87. The van der Waals surface area contributed by atoms with E-state index in [1.807, 2.05) is 37.3 Å². The third-order valence-corrected chi connectivity index (χ3v) is 3.36. The summed E-state index contributed by atoms with van der Waals surface area (Å²) in [6, 6.07) is 9.81. The van der Waals surface area contributed by atoms with Gasteiger partial charge in [0.25, 0.3) is 0 Å². The monoisotopic (exact) mass is 286 g/mol. The first kappa shape index (κ1) is 15.1. The fourth-order valence-corrected chi connectivity index (χ4v) is 2.19. The summed E-state index contributed by atoms with van der Waals surface area (Å²) in [6.45, 7) is 4.08. The quantitative estimate of drug-likeness (QED) is 0.485. The van der Waals surface area contributed by atoms with E-state index >= 15 is 0 Å². The van der Waals surface area contributed by atoms with Crippen LogP contribution in [0.1, 0.15) is 19.4 Å². The number of benzene rings is 1. The van der Waals surface area contributed by atoms with Crippen molar-refractivity contribution in [3.63, 3.8) is 0 Å². The van der Waals surface area contributed by atoms with E-state index in [0.717, 1.165) is 11.1 Å². The summed E-state index contributed by atoms with van der Waals surface area (Å²) in [6.07, 6.45) is 1.73. The minimum Gasteiger partial charge on any atom is -0.465 e. The predicted octanol–water partition coefficient (Wildman–Crippen LogP) is 2.60. The van der Waals surface area contributed by atoms with Crippen LogP contribution in [0, 0.1) is 11.8 Å². The van der Waals surface area contributed by atoms with E-state index in [0.29, 0.717) is 0 Å². The Hall–Kier alpha value is -2.32. The molecule has 4 nitrogen and oxygen atoms in total. The molecule has 0 aliphatic carbocycles. The summed E-state index contributed by atoms with van der Waals surface area (Å²) in [5, 5.41) is 0. The largest absolute Gasteiger partial charge is 0.465 e. The molecule has 1 aliphatic heterocycles. The van der Waals surface area contributed by atoms with E-state index in [-0.39, 0.29) is 19.1 Å². The highest BCUT2D eigenvalue weighted by atomic mass is 16.6. The molecule has 2 rings (SSSR count). The summed E-state index contributed by atoms with van der Waals surface area (Å²) in [5.41, 5.74) is 5.13. The number of ether oxygens (including phenoxy) is 2. The van der Waals surface area contributed by atoms with E-state index in [1.54, 1.807) is 13.0 Å². The van der Waals surface area contributed by atoms with Crippen molar-refractivity contribution in [1.82, 2.24) is 0 Å². The van der Waals surface area contributed by atoms with Gasteiger partial charge in [-0.15, -0.1) is 5.73 Å². The Morgan fingerprint density at radius 1 is 1.43 bits per heavy atom. The lowest BCUT2D eigenvalue weighted by Crippen LogP contribution is -2.26. The molecule has 0 aromatic heterocycles. The first-order valence-electron chi connectivity index (χ1n) is 6.95. The third-order valence-electron chi connectivity index (χ3n) is 3.36. The van der Waals surface area contributed by atoms with E-state index in [1.165, 1.54) is 0 Å². The zero-order valence-corrected chi connectivity index (χ0v) is 12.2. The van der Waals surface area contributed by atoms with E-state index in [4.69, 9.17) is 9.47 Å². The van der Waals surface area contributed by atoms with Gasteiger partial charge in [-0.1, -0.05) is 30.3 Å². The third kappa shape index (κ3) is 3.61. The van der Waals surface area contributed by atoms with Gasteiger partial charge in [-0.05, 0) is 31.1 Å². The van der Waals surface area contributed by atoms with Gasteiger partial charge < -0.3 is 9.47 Å². The molecule has 2 atom stereocenters. The first-order valence-corrected chi connectivity index (χ1v) is 6.95. The Bertz CT molecular complexity index is 582. The fraction of sp³-hybridized carbons (Fsp3) is 0.353. The fourth-order valence-electron chi connectivity index (χ4n) is 2.19. The van der Waals surface area contributed by atoms with Gasteiger partial charge >= 0.3 is 11.9 Å². The number of cyclic esters (lactones) is 1. The molecular weight excluding hydrogens is 268 g/mol. The standard InChI is InChI=1S/C17H18O4/c1-3-20-16(18)15-14(11-21-17(15)19)10-9-12(2)13-7-5-4-6-8-13/h4-8,10,14-15H,3,11H2,1-2H3/t9?,14-,15-/m0/s1. The van der Waals surface area contributed by atoms with Gasteiger partial charge in [0.2, 0.25) is 0 Å². The normalized spacial score (nSPS) is 20.4. The summed E-state index contributed by atoms with van der Waals surface area (Å²) in [4.78, 5) is 23.4. The minimum atomic E-state index is -0.874. The number of hydrogen-bond acceptors (Lipinski definition) is 4. The Kier molecular flexibility index (Phi) is 4.96. The SMILES string of the molecule is CCOC(=O)[C@H]1C(=O)OC[C@@H]1C=C=C(C)c1ccccc1. The van der Waals surface area contributed by atoms with Crippen LogP contribution >= 0.6 is 0 Å². The molecule has 0 saturated carbocycles. The van der Waals surface area contributed by atoms with Crippen LogP contribution in [0.25, 0.3) is 5.57 Å². The van der Waals surface area contributed by atoms with Gasteiger partial charge in [-0.3, -0.25) is 9.59 Å². The molecule has 1 heterocycles. The van der Waals surface area contributed by atoms with Crippen LogP contribution in [-0.2, 0) is 19.1 Å². The molecule has 1 aliphatic rings. The van der Waals surface area contributed by atoms with Crippen LogP contribution < -0.4 is 0 Å². The van der Waals surface area contributed by atoms with Gasteiger partial charge in [0, 0.05) is 5.92 Å². The molecule has 0 spiro atoms. The molecule has 1 aromatic rings. The van der Waals surface area contributed by atoms with Gasteiger partial charge in [-0.2, -0.15) is 0 Å². The van der Waals surface area contributed by atoms with Crippen LogP contribution in [0.15, 0.2) is 42.1 Å². The summed E-state index contributed by atoms with van der Waals surface area (Å²) in [5.74, 6) is -2.24. The Labute approximate surface area is 124 Å². The van der Waals surface area contributed by atoms with Gasteiger partial charge in [-0.25, -0.2) is 0 Å². The molecule has 0 unspecified atom stereocenters. The van der Waals surface area contributed by atoms with Crippen LogP contribution in [0.3, 0.4) is 0 Å². The molecule has 0 radical (unpaired) electrons. The van der Waals surface area contributed by atoms with Crippen molar-refractivity contribution in [3.05, 3.63) is 47.7 Å². The van der Waals surface area contributed by atoms with Crippen molar-refractivity contribution in [1.29, 1.82) is 0 Å². The Morgan fingerprint density at radius 2 is 2.14 bits per heavy atom. The highest BCUT2D eigenvalue weighted by Gasteiger charge is 2.42. The zero-order chi connectivity index (χ0) is 15.2. The number of hydrogen-bond donors (Lipinski definition) is 0. The maximum absolute atomic E-state index is 11.8. The van der Waals surface area contributed by atoms with Crippen molar-refractivity contribution in [2.24, 2.45) is 11.8 Å². The molecule has 0 N–H and O–H groups in total. The number of esters is 2. The predicted molar refractivity (Wildman–Crippen MR) is 78.2 cm³/mol. The molecular formula is C17H18O4. The van der Waals surface area contributed by atoms with Crippen molar-refractivity contribution in [3.8, 4) is 0 Å². The number of rotatable bonds is 4. The second kappa shape index (κ2) is 6.91. The lowest BCUT2D eigenvalue weighted by atomic mass is 9.95. The summed E-state index contributed by atoms with van der Waals surface area (Å²) >= 11 is 0. The van der Waals surface area contributed by atoms with E-state index in [9.17, 15) is 9.59 Å². The summed E-state index contributed by atoms with van der Waals surface area (Å²) in [7, 11) is 0. The molecule has 1 saturated heterocycles. The topological polar surface area (TPSA) is 52.6 Å². The number of carbonyl (C=O) groups is 2. The van der Waals surface area contributed by atoms with Gasteiger partial charge in [0.1, 0.15) is 0 Å². The average molecular weight is 286 g/mol.